The zero-order chi connectivity index (χ0) is 39.0. The molecule has 4 saturated carbocycles. The Bertz CT molecular complexity index is 1250. The van der Waals surface area contributed by atoms with Gasteiger partial charge >= 0.3 is 41.8 Å². The number of carbonyl (C=O) groups is 1. The number of fused-ring (bicyclic) bond motifs is 5. The van der Waals surface area contributed by atoms with E-state index < -0.39 is 54.0 Å². The summed E-state index contributed by atoms with van der Waals surface area (Å²) >= 11 is 0. The number of rotatable bonds is 12. The van der Waals surface area contributed by atoms with E-state index in [1.165, 1.54) is 19.3 Å². The van der Waals surface area contributed by atoms with Gasteiger partial charge < -0.3 is 4.74 Å². The Morgan fingerprint density at radius 1 is 0.686 bits per heavy atom. The first kappa shape index (κ1) is 42.2. The Morgan fingerprint density at radius 3 is 1.80 bits per heavy atom. The first-order valence-electron chi connectivity index (χ1n) is 17.8. The first-order chi connectivity index (χ1) is 23.0. The maximum absolute atomic E-state index is 14.6. The average molecular weight is 767 g/mol. The fourth-order valence-electron chi connectivity index (χ4n) is 10.7. The van der Waals surface area contributed by atoms with Crippen molar-refractivity contribution < 1.29 is 71.0 Å². The fraction of sp³-hybridized carbons (Fsp3) is 0.971. The van der Waals surface area contributed by atoms with Gasteiger partial charge in [0.2, 0.25) is 0 Å². The summed E-state index contributed by atoms with van der Waals surface area (Å²) in [5.74, 6) is -39.4. The largest absolute Gasteiger partial charge is 0.460 e. The Hall–Kier alpha value is -1.51. The summed E-state index contributed by atoms with van der Waals surface area (Å²) in [7, 11) is 0. The van der Waals surface area contributed by atoms with E-state index in [2.05, 4.69) is 39.4 Å². The van der Waals surface area contributed by atoms with Gasteiger partial charge in [-0.15, -0.1) is 0 Å². The molecule has 0 bridgehead atoms. The van der Waals surface area contributed by atoms with Crippen molar-refractivity contribution in [3.63, 3.8) is 0 Å². The van der Waals surface area contributed by atoms with Crippen LogP contribution in [0.5, 0.6) is 0 Å². The first-order valence-corrected chi connectivity index (χ1v) is 17.8. The molecule has 16 heteroatoms. The lowest BCUT2D eigenvalue weighted by Crippen LogP contribution is -2.71. The zero-order valence-electron chi connectivity index (χ0n) is 29.3. The molecule has 2 unspecified atom stereocenters. The monoisotopic (exact) mass is 766 g/mol. The Balaban J connectivity index is 1.42. The number of hydrogen-bond acceptors (Lipinski definition) is 2. The van der Waals surface area contributed by atoms with Gasteiger partial charge in [-0.2, -0.15) is 57.1 Å². The van der Waals surface area contributed by atoms with E-state index in [-0.39, 0.29) is 35.5 Å². The Kier molecular flexibility index (Phi) is 11.3. The van der Waals surface area contributed by atoms with Crippen LogP contribution in [0.2, 0.25) is 0 Å². The van der Waals surface area contributed by atoms with Crippen molar-refractivity contribution in [2.45, 2.75) is 160 Å². The summed E-state index contributed by atoms with van der Waals surface area (Å²) < 4.78 is 195. The molecule has 298 valence electrons. The molecule has 0 aromatic carbocycles. The van der Waals surface area contributed by atoms with E-state index in [0.29, 0.717) is 42.4 Å². The van der Waals surface area contributed by atoms with Crippen molar-refractivity contribution in [3.8, 4) is 0 Å². The lowest BCUT2D eigenvalue weighted by atomic mass is 9.44. The number of esters is 1. The minimum absolute atomic E-state index is 0.0103. The highest BCUT2D eigenvalue weighted by Gasteiger charge is 2.92. The van der Waals surface area contributed by atoms with Gasteiger partial charge in [-0.05, 0) is 110 Å². The molecule has 4 aliphatic rings. The maximum atomic E-state index is 14.6. The van der Waals surface area contributed by atoms with Crippen molar-refractivity contribution in [1.29, 1.82) is 0 Å². The summed E-state index contributed by atoms with van der Waals surface area (Å²) in [6.07, 6.45) is -4.52. The molecule has 0 aromatic rings. The third kappa shape index (κ3) is 6.66. The fourth-order valence-corrected chi connectivity index (χ4v) is 10.7. The van der Waals surface area contributed by atoms with Crippen molar-refractivity contribution in [3.05, 3.63) is 0 Å². The molecule has 2 nitrogen and oxygen atoms in total. The quantitative estimate of drug-likeness (QED) is 0.146. The topological polar surface area (TPSA) is 26.3 Å². The number of halogens is 14. The SMILES string of the molecule is CC(C)CCCC(C)[C@H]1CC[C@H]2[C@@H]3CC[C@H]4C[C@@H](OC(=O)C(F)C(F)(F)C(F)(F)C(F)(F)C(F)(F)C(F)(F)C(F)(F)F)CC[C@]4(C)[C@H]3CC[C@]12C. The van der Waals surface area contributed by atoms with Crippen LogP contribution in [0.1, 0.15) is 112 Å². The zero-order valence-corrected chi connectivity index (χ0v) is 29.3. The minimum atomic E-state index is -8.18. The van der Waals surface area contributed by atoms with Crippen LogP contribution in [0.15, 0.2) is 0 Å². The highest BCUT2D eigenvalue weighted by atomic mass is 19.4. The molecule has 0 aliphatic heterocycles. The average Bonchev–Trinajstić information content (AvgIpc) is 3.36. The molecule has 0 heterocycles. The highest BCUT2D eigenvalue weighted by Crippen LogP contribution is 2.69. The van der Waals surface area contributed by atoms with Gasteiger partial charge in [-0.3, -0.25) is 0 Å². The van der Waals surface area contributed by atoms with Crippen molar-refractivity contribution in [2.75, 3.05) is 0 Å². The van der Waals surface area contributed by atoms with Crippen LogP contribution in [0, 0.1) is 52.3 Å². The molecule has 51 heavy (non-hydrogen) atoms. The molecule has 4 rings (SSSR count). The second-order valence-corrected chi connectivity index (χ2v) is 16.8. The van der Waals surface area contributed by atoms with E-state index in [4.69, 9.17) is 0 Å². The van der Waals surface area contributed by atoms with E-state index in [1.54, 1.807) is 0 Å². The summed E-state index contributed by atoms with van der Waals surface area (Å²) in [6, 6.07) is 0. The highest BCUT2D eigenvalue weighted by molar-refractivity contribution is 5.76. The molecule has 0 N–H and O–H groups in total. The van der Waals surface area contributed by atoms with Gasteiger partial charge in [0.15, 0.2) is 0 Å². The van der Waals surface area contributed by atoms with E-state index in [1.807, 2.05) is 0 Å². The third-order valence-corrected chi connectivity index (χ3v) is 13.6. The van der Waals surface area contributed by atoms with Gasteiger partial charge in [0, 0.05) is 0 Å². The van der Waals surface area contributed by atoms with Gasteiger partial charge in [-0.25, -0.2) is 9.18 Å². The van der Waals surface area contributed by atoms with Crippen LogP contribution >= 0.6 is 0 Å². The van der Waals surface area contributed by atoms with E-state index >= 15 is 0 Å². The molecular formula is C35H48F14O2. The number of alkyl halides is 14. The van der Waals surface area contributed by atoms with Crippen LogP contribution in [-0.4, -0.2) is 54.0 Å². The molecule has 0 spiro atoms. The van der Waals surface area contributed by atoms with Crippen LogP contribution in [-0.2, 0) is 9.53 Å². The van der Waals surface area contributed by atoms with Gasteiger partial charge in [-0.1, -0.05) is 53.9 Å². The van der Waals surface area contributed by atoms with Crippen molar-refractivity contribution >= 4 is 5.97 Å². The van der Waals surface area contributed by atoms with Gasteiger partial charge in [0.05, 0.1) is 0 Å². The number of ether oxygens (including phenoxy) is 1. The van der Waals surface area contributed by atoms with Crippen LogP contribution in [0.4, 0.5) is 61.5 Å². The van der Waals surface area contributed by atoms with E-state index in [0.717, 1.165) is 32.1 Å². The van der Waals surface area contributed by atoms with Crippen LogP contribution < -0.4 is 0 Å². The lowest BCUT2D eigenvalue weighted by molar-refractivity contribution is -0.442. The van der Waals surface area contributed by atoms with Gasteiger partial charge in [0.25, 0.3) is 6.17 Å². The minimum Gasteiger partial charge on any atom is -0.460 e. The standard InChI is InChI=1S/C35H48F14O2/c1-18(2)7-6-8-19(3)23-11-12-24-22-10-9-20-17-21(13-15-28(20,4)25(22)14-16-29(23,24)5)51-27(50)26(36)30(37,38)31(39,40)32(41,42)33(43,44)34(45,46)35(47,48)49/h18-26H,6-17H2,1-5H3/t19?,20-,21-,22-,23+,24-,25-,26?,28-,29+/m0/s1. The number of carbonyl (C=O) groups excluding carboxylic acids is 1. The Labute approximate surface area is 289 Å². The maximum Gasteiger partial charge on any atom is 0.460 e. The summed E-state index contributed by atoms with van der Waals surface area (Å²) in [4.78, 5) is 12.3. The summed E-state index contributed by atoms with van der Waals surface area (Å²) in [5.41, 5.74) is -0.112. The molecule has 0 amide bonds. The second kappa shape index (κ2) is 13.7. The Morgan fingerprint density at radius 2 is 1.24 bits per heavy atom. The summed E-state index contributed by atoms with van der Waals surface area (Å²) in [5, 5.41) is 0. The normalized spacial score (nSPS) is 35.1. The van der Waals surface area contributed by atoms with Gasteiger partial charge in [0.1, 0.15) is 6.10 Å². The van der Waals surface area contributed by atoms with Crippen LogP contribution in [0.3, 0.4) is 0 Å². The molecule has 0 radical (unpaired) electrons. The molecule has 4 aliphatic carbocycles. The van der Waals surface area contributed by atoms with Crippen molar-refractivity contribution in [1.82, 2.24) is 0 Å². The molecular weight excluding hydrogens is 718 g/mol. The third-order valence-electron chi connectivity index (χ3n) is 13.6. The predicted molar refractivity (Wildman–Crippen MR) is 159 cm³/mol. The predicted octanol–water partition coefficient (Wildman–Crippen LogP) is 12.1. The second-order valence-electron chi connectivity index (χ2n) is 16.8. The molecule has 0 aromatic heterocycles. The molecule has 0 saturated heterocycles. The van der Waals surface area contributed by atoms with Crippen molar-refractivity contribution in [2.24, 2.45) is 52.3 Å². The summed E-state index contributed by atoms with van der Waals surface area (Å²) in [6.45, 7) is 11.3. The lowest BCUT2D eigenvalue weighted by Gasteiger charge is -2.61. The molecule has 10 atom stereocenters. The molecule has 4 fully saturated rings. The number of hydrogen-bond donors (Lipinski definition) is 0. The smallest absolute Gasteiger partial charge is 0.460 e. The van der Waals surface area contributed by atoms with Crippen LogP contribution in [0.25, 0.3) is 0 Å². The van der Waals surface area contributed by atoms with E-state index in [9.17, 15) is 66.3 Å².